The molecule has 0 saturated carbocycles. The first-order valence-corrected chi connectivity index (χ1v) is 5.50. The number of rotatable bonds is 2. The summed E-state index contributed by atoms with van der Waals surface area (Å²) in [6.07, 6.45) is 7.72. The van der Waals surface area contributed by atoms with Gasteiger partial charge in [0.05, 0.1) is 5.02 Å². The molecule has 0 amide bonds. The molecule has 0 fully saturated rings. The summed E-state index contributed by atoms with van der Waals surface area (Å²) < 4.78 is 0. The molecule has 1 aromatic rings. The van der Waals surface area contributed by atoms with Gasteiger partial charge in [-0.25, -0.2) is 0 Å². The highest BCUT2D eigenvalue weighted by molar-refractivity contribution is 6.30. The van der Waals surface area contributed by atoms with E-state index in [0.29, 0.717) is 10.7 Å². The third kappa shape index (κ3) is 2.45. The number of carbonyl (C=O) groups is 1. The number of allylic oxidation sites excluding steroid dienone is 2. The summed E-state index contributed by atoms with van der Waals surface area (Å²) in [5.41, 5.74) is 1.39. The highest BCUT2D eigenvalue weighted by atomic mass is 35.5. The fraction of sp³-hybridized carbons (Fsp3) is 0.333. The second kappa shape index (κ2) is 4.58. The summed E-state index contributed by atoms with van der Waals surface area (Å²) in [6, 6.07) is 3.38. The number of aromatic nitrogens is 1. The van der Waals surface area contributed by atoms with E-state index in [9.17, 15) is 4.79 Å². The molecule has 1 aliphatic carbocycles. The molecule has 0 bridgehead atoms. The molecule has 2 rings (SSSR count). The van der Waals surface area contributed by atoms with Crippen molar-refractivity contribution < 1.29 is 4.79 Å². The van der Waals surface area contributed by atoms with Crippen molar-refractivity contribution in [3.63, 3.8) is 0 Å². The largest absolute Gasteiger partial charge is 0.287 e. The number of nitrogens with zero attached hydrogens (tertiary/aromatic N) is 1. The molecule has 0 aliphatic heterocycles. The molecule has 1 aliphatic rings. The lowest BCUT2D eigenvalue weighted by Crippen LogP contribution is -2.08. The van der Waals surface area contributed by atoms with Crippen molar-refractivity contribution in [2.24, 2.45) is 0 Å². The Bertz CT molecular complexity index is 395. The molecule has 0 spiro atoms. The third-order valence-electron chi connectivity index (χ3n) is 2.54. The average Bonchev–Trinajstić information content (AvgIpc) is 2.30. The van der Waals surface area contributed by atoms with E-state index >= 15 is 0 Å². The average molecular weight is 222 g/mol. The Labute approximate surface area is 94.0 Å². The van der Waals surface area contributed by atoms with Crippen molar-refractivity contribution in [1.82, 2.24) is 4.98 Å². The van der Waals surface area contributed by atoms with Gasteiger partial charge in [-0.1, -0.05) is 17.7 Å². The molecule has 78 valence electrons. The van der Waals surface area contributed by atoms with Crippen molar-refractivity contribution in [1.29, 1.82) is 0 Å². The SMILES string of the molecule is O=C(C1=CCCCC1)c1ccc(Cl)cn1. The number of carbonyl (C=O) groups excluding carboxylic acids is 1. The van der Waals surface area contributed by atoms with Crippen LogP contribution in [0.2, 0.25) is 5.02 Å². The van der Waals surface area contributed by atoms with Crippen LogP contribution in [-0.4, -0.2) is 10.8 Å². The number of ketones is 1. The van der Waals surface area contributed by atoms with Crippen molar-refractivity contribution in [2.75, 3.05) is 0 Å². The summed E-state index contributed by atoms with van der Waals surface area (Å²) >= 11 is 5.71. The minimum atomic E-state index is 0.0476. The van der Waals surface area contributed by atoms with Crippen LogP contribution in [0, 0.1) is 0 Å². The smallest absolute Gasteiger partial charge is 0.206 e. The molecule has 15 heavy (non-hydrogen) atoms. The van der Waals surface area contributed by atoms with Crippen LogP contribution >= 0.6 is 11.6 Å². The maximum Gasteiger partial charge on any atom is 0.206 e. The van der Waals surface area contributed by atoms with Crippen LogP contribution in [0.3, 0.4) is 0 Å². The number of hydrogen-bond donors (Lipinski definition) is 0. The van der Waals surface area contributed by atoms with Crippen LogP contribution in [0.5, 0.6) is 0 Å². The Balaban J connectivity index is 2.20. The van der Waals surface area contributed by atoms with Crippen LogP contribution in [0.4, 0.5) is 0 Å². The molecule has 1 heterocycles. The lowest BCUT2D eigenvalue weighted by Gasteiger charge is -2.10. The van der Waals surface area contributed by atoms with Crippen molar-refractivity contribution >= 4 is 17.4 Å². The minimum Gasteiger partial charge on any atom is -0.287 e. The van der Waals surface area contributed by atoms with Gasteiger partial charge in [-0.15, -0.1) is 0 Å². The van der Waals surface area contributed by atoms with Gasteiger partial charge in [0.25, 0.3) is 0 Å². The highest BCUT2D eigenvalue weighted by Gasteiger charge is 2.15. The molecule has 0 radical (unpaired) electrons. The van der Waals surface area contributed by atoms with Gasteiger partial charge in [0.15, 0.2) is 0 Å². The predicted molar refractivity (Wildman–Crippen MR) is 60.1 cm³/mol. The first-order valence-electron chi connectivity index (χ1n) is 5.12. The van der Waals surface area contributed by atoms with Gasteiger partial charge in [0.2, 0.25) is 5.78 Å². The molecule has 0 N–H and O–H groups in total. The number of halogens is 1. The van der Waals surface area contributed by atoms with E-state index in [-0.39, 0.29) is 5.78 Å². The molecule has 0 aromatic carbocycles. The topological polar surface area (TPSA) is 30.0 Å². The molecule has 0 unspecified atom stereocenters. The van der Waals surface area contributed by atoms with Crippen molar-refractivity contribution in [3.05, 3.63) is 40.7 Å². The van der Waals surface area contributed by atoms with E-state index in [0.717, 1.165) is 24.8 Å². The van der Waals surface area contributed by atoms with Crippen molar-refractivity contribution in [3.8, 4) is 0 Å². The van der Waals surface area contributed by atoms with E-state index in [1.165, 1.54) is 12.6 Å². The number of Topliss-reactive ketones (excluding diaryl/α,β-unsaturated/α-hetero) is 1. The van der Waals surface area contributed by atoms with Gasteiger partial charge in [0, 0.05) is 6.20 Å². The molecule has 2 nitrogen and oxygen atoms in total. The van der Waals surface area contributed by atoms with Crippen LogP contribution in [0.15, 0.2) is 30.0 Å². The second-order valence-corrected chi connectivity index (χ2v) is 4.10. The molecular weight excluding hydrogens is 210 g/mol. The lowest BCUT2D eigenvalue weighted by atomic mass is 9.95. The Morgan fingerprint density at radius 2 is 2.20 bits per heavy atom. The Hall–Kier alpha value is -1.15. The predicted octanol–water partition coefficient (Wildman–Crippen LogP) is 3.42. The van der Waals surface area contributed by atoms with E-state index in [1.807, 2.05) is 6.08 Å². The third-order valence-corrected chi connectivity index (χ3v) is 2.77. The van der Waals surface area contributed by atoms with E-state index in [1.54, 1.807) is 12.1 Å². The highest BCUT2D eigenvalue weighted by Crippen LogP contribution is 2.20. The lowest BCUT2D eigenvalue weighted by molar-refractivity contribution is 0.102. The first-order chi connectivity index (χ1) is 7.27. The Kier molecular flexibility index (Phi) is 3.17. The van der Waals surface area contributed by atoms with Crippen LogP contribution in [-0.2, 0) is 0 Å². The van der Waals surface area contributed by atoms with E-state index < -0.39 is 0 Å². The fourth-order valence-electron chi connectivity index (χ4n) is 1.72. The second-order valence-electron chi connectivity index (χ2n) is 3.67. The maximum atomic E-state index is 11.9. The monoisotopic (exact) mass is 221 g/mol. The van der Waals surface area contributed by atoms with Gasteiger partial charge in [-0.05, 0) is 43.4 Å². The van der Waals surface area contributed by atoms with Crippen molar-refractivity contribution in [2.45, 2.75) is 25.7 Å². The standard InChI is InChI=1S/C12H12ClNO/c13-10-6-7-11(14-8-10)12(15)9-4-2-1-3-5-9/h4,6-8H,1-3,5H2. The zero-order chi connectivity index (χ0) is 10.7. The van der Waals surface area contributed by atoms with Gasteiger partial charge < -0.3 is 0 Å². The normalized spacial score (nSPS) is 15.9. The van der Waals surface area contributed by atoms with E-state index in [4.69, 9.17) is 11.6 Å². The van der Waals surface area contributed by atoms with Crippen LogP contribution in [0.1, 0.15) is 36.2 Å². The summed E-state index contributed by atoms with van der Waals surface area (Å²) in [5, 5.41) is 0.559. The first kappa shape index (κ1) is 10.4. The van der Waals surface area contributed by atoms with Gasteiger partial charge in [-0.2, -0.15) is 0 Å². The van der Waals surface area contributed by atoms with E-state index in [2.05, 4.69) is 4.98 Å². The summed E-state index contributed by atoms with van der Waals surface area (Å²) in [4.78, 5) is 16.0. The van der Waals surface area contributed by atoms with Crippen LogP contribution < -0.4 is 0 Å². The van der Waals surface area contributed by atoms with Gasteiger partial charge >= 0.3 is 0 Å². The Morgan fingerprint density at radius 3 is 2.80 bits per heavy atom. The molecule has 0 saturated heterocycles. The number of pyridine rings is 1. The number of hydrogen-bond acceptors (Lipinski definition) is 2. The maximum absolute atomic E-state index is 11.9. The molecular formula is C12H12ClNO. The quantitative estimate of drug-likeness (QED) is 0.717. The Morgan fingerprint density at radius 1 is 1.33 bits per heavy atom. The molecule has 1 aromatic heterocycles. The van der Waals surface area contributed by atoms with Crippen LogP contribution in [0.25, 0.3) is 0 Å². The zero-order valence-corrected chi connectivity index (χ0v) is 9.13. The fourth-order valence-corrected chi connectivity index (χ4v) is 1.83. The molecule has 3 heteroatoms. The minimum absolute atomic E-state index is 0.0476. The zero-order valence-electron chi connectivity index (χ0n) is 8.37. The summed E-state index contributed by atoms with van der Waals surface area (Å²) in [7, 11) is 0. The van der Waals surface area contributed by atoms with Gasteiger partial charge in [-0.3, -0.25) is 9.78 Å². The summed E-state index contributed by atoms with van der Waals surface area (Å²) in [5.74, 6) is 0.0476. The summed E-state index contributed by atoms with van der Waals surface area (Å²) in [6.45, 7) is 0. The molecule has 0 atom stereocenters. The van der Waals surface area contributed by atoms with Gasteiger partial charge in [0.1, 0.15) is 5.69 Å².